The molecule has 25 heavy (non-hydrogen) atoms. The van der Waals surface area contributed by atoms with Crippen LogP contribution in [-0.4, -0.2) is 20.6 Å². The van der Waals surface area contributed by atoms with E-state index in [1.807, 2.05) is 0 Å². The van der Waals surface area contributed by atoms with Crippen molar-refractivity contribution in [2.24, 2.45) is 0 Å². The standard InChI is InChI=1S/C17H13ClN2O5/c1-10-17(25-13-5-2-11(18)3-6-13)14-8-12(20(23)24)4-7-15(14)19(10)9-16(21)22/h2-8H,9H2,1H3,(H,21,22). The van der Waals surface area contributed by atoms with Crippen LogP contribution in [0.15, 0.2) is 42.5 Å². The van der Waals surface area contributed by atoms with E-state index in [9.17, 15) is 14.9 Å². The number of aliphatic carboxylic acids is 1. The van der Waals surface area contributed by atoms with Crippen LogP contribution >= 0.6 is 11.6 Å². The van der Waals surface area contributed by atoms with Crippen molar-refractivity contribution in [1.29, 1.82) is 0 Å². The monoisotopic (exact) mass is 360 g/mol. The summed E-state index contributed by atoms with van der Waals surface area (Å²) >= 11 is 5.86. The van der Waals surface area contributed by atoms with Crippen LogP contribution in [0.2, 0.25) is 5.02 Å². The van der Waals surface area contributed by atoms with Gasteiger partial charge in [0.05, 0.1) is 16.1 Å². The summed E-state index contributed by atoms with van der Waals surface area (Å²) < 4.78 is 7.43. The summed E-state index contributed by atoms with van der Waals surface area (Å²) in [6, 6.07) is 10.9. The molecule has 3 rings (SSSR count). The molecule has 2 aromatic carbocycles. The van der Waals surface area contributed by atoms with Crippen LogP contribution in [-0.2, 0) is 11.3 Å². The second kappa shape index (κ2) is 6.45. The molecule has 7 nitrogen and oxygen atoms in total. The molecular formula is C17H13ClN2O5. The van der Waals surface area contributed by atoms with Crippen molar-refractivity contribution in [2.45, 2.75) is 13.5 Å². The zero-order valence-electron chi connectivity index (χ0n) is 13.1. The van der Waals surface area contributed by atoms with Crippen molar-refractivity contribution >= 4 is 34.2 Å². The minimum absolute atomic E-state index is 0.0964. The maximum absolute atomic E-state index is 11.2. The average molecular weight is 361 g/mol. The van der Waals surface area contributed by atoms with E-state index in [-0.39, 0.29) is 12.2 Å². The molecule has 0 unspecified atom stereocenters. The summed E-state index contributed by atoms with van der Waals surface area (Å²) in [6.45, 7) is 1.43. The molecule has 1 aromatic heterocycles. The predicted octanol–water partition coefficient (Wildman–Crippen LogP) is 4.39. The van der Waals surface area contributed by atoms with Crippen LogP contribution < -0.4 is 4.74 Å². The molecule has 0 aliphatic rings. The van der Waals surface area contributed by atoms with Gasteiger partial charge in [-0.2, -0.15) is 0 Å². The maximum atomic E-state index is 11.2. The van der Waals surface area contributed by atoms with Crippen LogP contribution in [0.3, 0.4) is 0 Å². The highest BCUT2D eigenvalue weighted by atomic mass is 35.5. The predicted molar refractivity (Wildman–Crippen MR) is 92.5 cm³/mol. The molecule has 128 valence electrons. The zero-order chi connectivity index (χ0) is 18.1. The Morgan fingerprint density at radius 1 is 1.28 bits per heavy atom. The molecule has 0 aliphatic carbocycles. The third-order valence-electron chi connectivity index (χ3n) is 3.79. The number of hydrogen-bond donors (Lipinski definition) is 1. The number of nitro benzene ring substituents is 1. The van der Waals surface area contributed by atoms with E-state index in [0.717, 1.165) is 0 Å². The molecule has 0 spiro atoms. The quantitative estimate of drug-likeness (QED) is 0.538. The number of hydrogen-bond acceptors (Lipinski definition) is 4. The Balaban J connectivity index is 2.18. The first kappa shape index (κ1) is 16.8. The van der Waals surface area contributed by atoms with Crippen molar-refractivity contribution in [1.82, 2.24) is 4.57 Å². The van der Waals surface area contributed by atoms with Crippen molar-refractivity contribution in [3.05, 3.63) is 63.3 Å². The minimum Gasteiger partial charge on any atom is -0.480 e. The van der Waals surface area contributed by atoms with Crippen LogP contribution in [0.1, 0.15) is 5.69 Å². The van der Waals surface area contributed by atoms with Crippen LogP contribution in [0.4, 0.5) is 5.69 Å². The molecule has 0 saturated heterocycles. The molecule has 8 heteroatoms. The van der Waals surface area contributed by atoms with Crippen molar-refractivity contribution in [2.75, 3.05) is 0 Å². The fourth-order valence-electron chi connectivity index (χ4n) is 2.64. The Bertz CT molecular complexity index is 979. The first-order valence-corrected chi connectivity index (χ1v) is 7.67. The number of nitrogens with zero attached hydrogens (tertiary/aromatic N) is 2. The van der Waals surface area contributed by atoms with Gasteiger partial charge in [0.2, 0.25) is 0 Å². The normalized spacial score (nSPS) is 10.8. The Hall–Kier alpha value is -3.06. The smallest absolute Gasteiger partial charge is 0.323 e. The number of halogens is 1. The lowest BCUT2D eigenvalue weighted by Crippen LogP contribution is -2.09. The molecule has 1 heterocycles. The van der Waals surface area contributed by atoms with Gasteiger partial charge in [-0.05, 0) is 37.3 Å². The lowest BCUT2D eigenvalue weighted by Gasteiger charge is -2.07. The van der Waals surface area contributed by atoms with Crippen LogP contribution in [0, 0.1) is 17.0 Å². The Kier molecular flexibility index (Phi) is 4.33. The van der Waals surface area contributed by atoms with Gasteiger partial charge in [-0.1, -0.05) is 11.6 Å². The third kappa shape index (κ3) is 3.27. The fraction of sp³-hybridized carbons (Fsp3) is 0.118. The van der Waals surface area contributed by atoms with E-state index in [1.165, 1.54) is 18.2 Å². The molecule has 0 saturated carbocycles. The lowest BCUT2D eigenvalue weighted by molar-refractivity contribution is -0.384. The summed E-state index contributed by atoms with van der Waals surface area (Å²) in [5.74, 6) is -0.146. The molecule has 1 N–H and O–H groups in total. The number of nitro groups is 1. The van der Waals surface area contributed by atoms with E-state index in [0.29, 0.717) is 33.1 Å². The molecule has 0 amide bonds. The van der Waals surface area contributed by atoms with Crippen LogP contribution in [0.25, 0.3) is 10.9 Å². The summed E-state index contributed by atoms with van der Waals surface area (Å²) in [5, 5.41) is 21.2. The molecule has 3 aromatic rings. The van der Waals surface area contributed by atoms with E-state index >= 15 is 0 Å². The summed E-state index contributed by atoms with van der Waals surface area (Å²) in [7, 11) is 0. The lowest BCUT2D eigenvalue weighted by atomic mass is 10.2. The van der Waals surface area contributed by atoms with Gasteiger partial charge in [-0.3, -0.25) is 14.9 Å². The number of carbonyl (C=O) groups is 1. The number of fused-ring (bicyclic) bond motifs is 1. The highest BCUT2D eigenvalue weighted by molar-refractivity contribution is 6.30. The highest BCUT2D eigenvalue weighted by Crippen LogP contribution is 2.38. The van der Waals surface area contributed by atoms with E-state index < -0.39 is 10.9 Å². The minimum atomic E-state index is -1.02. The topological polar surface area (TPSA) is 94.6 Å². The van der Waals surface area contributed by atoms with Crippen LogP contribution in [0.5, 0.6) is 11.5 Å². The average Bonchev–Trinajstić information content (AvgIpc) is 2.81. The maximum Gasteiger partial charge on any atom is 0.323 e. The van der Waals surface area contributed by atoms with E-state index in [4.69, 9.17) is 21.4 Å². The number of aromatic nitrogens is 1. The molecule has 0 atom stereocenters. The molecule has 0 aliphatic heterocycles. The summed E-state index contributed by atoms with van der Waals surface area (Å²) in [6.07, 6.45) is 0. The Labute approximate surface area is 147 Å². The molecule has 0 radical (unpaired) electrons. The van der Waals surface area contributed by atoms with Gasteiger partial charge >= 0.3 is 5.97 Å². The number of benzene rings is 2. The summed E-state index contributed by atoms with van der Waals surface area (Å²) in [5.41, 5.74) is 1.02. The second-order valence-electron chi connectivity index (χ2n) is 5.41. The van der Waals surface area contributed by atoms with Gasteiger partial charge < -0.3 is 14.4 Å². The molecule has 0 fully saturated rings. The number of rotatable bonds is 5. The van der Waals surface area contributed by atoms with Gasteiger partial charge in [0.1, 0.15) is 12.3 Å². The van der Waals surface area contributed by atoms with Crippen molar-refractivity contribution in [3.8, 4) is 11.5 Å². The van der Waals surface area contributed by atoms with Gasteiger partial charge in [0, 0.05) is 22.5 Å². The second-order valence-corrected chi connectivity index (χ2v) is 5.85. The van der Waals surface area contributed by atoms with Gasteiger partial charge in [-0.15, -0.1) is 0 Å². The Morgan fingerprint density at radius 3 is 2.56 bits per heavy atom. The first-order valence-electron chi connectivity index (χ1n) is 7.29. The van der Waals surface area contributed by atoms with E-state index in [1.54, 1.807) is 35.8 Å². The fourth-order valence-corrected chi connectivity index (χ4v) is 2.77. The Morgan fingerprint density at radius 2 is 1.96 bits per heavy atom. The number of ether oxygens (including phenoxy) is 1. The highest BCUT2D eigenvalue weighted by Gasteiger charge is 2.20. The number of carboxylic acid groups (broad SMARTS) is 1. The number of carboxylic acids is 1. The van der Waals surface area contributed by atoms with Gasteiger partial charge in [0.25, 0.3) is 5.69 Å². The summed E-state index contributed by atoms with van der Waals surface area (Å²) in [4.78, 5) is 21.7. The molecule has 0 bridgehead atoms. The molecular weight excluding hydrogens is 348 g/mol. The van der Waals surface area contributed by atoms with Gasteiger partial charge in [0.15, 0.2) is 5.75 Å². The third-order valence-corrected chi connectivity index (χ3v) is 4.04. The first-order chi connectivity index (χ1) is 11.9. The van der Waals surface area contributed by atoms with Crippen molar-refractivity contribution < 1.29 is 19.6 Å². The zero-order valence-corrected chi connectivity index (χ0v) is 13.9. The number of non-ortho nitro benzene ring substituents is 1. The SMILES string of the molecule is Cc1c(Oc2ccc(Cl)cc2)c2cc([N+](=O)[O-])ccc2n1CC(=O)O. The van der Waals surface area contributed by atoms with Gasteiger partial charge in [-0.25, -0.2) is 0 Å². The van der Waals surface area contributed by atoms with E-state index in [2.05, 4.69) is 0 Å². The van der Waals surface area contributed by atoms with Crippen molar-refractivity contribution in [3.63, 3.8) is 0 Å². The largest absolute Gasteiger partial charge is 0.480 e.